The fraction of sp³-hybridized carbons (Fsp3) is 0.324. The van der Waals surface area contributed by atoms with Crippen LogP contribution in [0.5, 0.6) is 5.75 Å². The Bertz CT molecular complexity index is 2050. The maximum atomic E-state index is 15.9. The number of aryl methyl sites for hydroxylation is 2. The van der Waals surface area contributed by atoms with E-state index in [1.807, 2.05) is 4.90 Å². The van der Waals surface area contributed by atoms with Gasteiger partial charge in [0.2, 0.25) is 0 Å². The number of cyclic esters (lactones) is 1. The Morgan fingerprint density at radius 3 is 2.13 bits per heavy atom. The van der Waals surface area contributed by atoms with Crippen molar-refractivity contribution in [3.63, 3.8) is 0 Å². The lowest BCUT2D eigenvalue weighted by atomic mass is 9.91. The van der Waals surface area contributed by atoms with Crippen LogP contribution in [0.25, 0.3) is 22.3 Å². The quantitative estimate of drug-likeness (QED) is 0.181. The van der Waals surface area contributed by atoms with Crippen LogP contribution in [0.15, 0.2) is 54.6 Å². The van der Waals surface area contributed by atoms with Gasteiger partial charge < -0.3 is 19.5 Å². The van der Waals surface area contributed by atoms with Crippen LogP contribution in [0.2, 0.25) is 0 Å². The van der Waals surface area contributed by atoms with Gasteiger partial charge in [0.05, 0.1) is 42.1 Å². The first-order valence-electron chi connectivity index (χ1n) is 16.1. The maximum Gasteiger partial charge on any atom is 0.416 e. The van der Waals surface area contributed by atoms with Crippen molar-refractivity contribution in [1.82, 2.24) is 9.88 Å². The molecule has 1 N–H and O–H groups in total. The second-order valence-electron chi connectivity index (χ2n) is 12.8. The number of carboxylic acids is 1. The number of methoxy groups -OCH3 is 1. The van der Waals surface area contributed by atoms with Crippen LogP contribution >= 0.6 is 0 Å². The fourth-order valence-electron chi connectivity index (χ4n) is 6.64. The highest BCUT2D eigenvalue weighted by Crippen LogP contribution is 2.44. The molecule has 274 valence electrons. The second kappa shape index (κ2) is 13.3. The van der Waals surface area contributed by atoms with Gasteiger partial charge in [0.15, 0.2) is 11.6 Å². The summed E-state index contributed by atoms with van der Waals surface area (Å²) < 4.78 is 109. The van der Waals surface area contributed by atoms with Gasteiger partial charge in [-0.25, -0.2) is 19.0 Å². The third-order valence-electron chi connectivity index (χ3n) is 9.41. The summed E-state index contributed by atoms with van der Waals surface area (Å²) in [7, 11) is 1.28. The monoisotopic (exact) mass is 731 g/mol. The molecular weight excluding hydrogens is 699 g/mol. The summed E-state index contributed by atoms with van der Waals surface area (Å²) in [6.45, 7) is 5.98. The van der Waals surface area contributed by atoms with Crippen LogP contribution in [-0.4, -0.2) is 53.3 Å². The molecule has 2 saturated heterocycles. The number of aromatic nitrogens is 1. The van der Waals surface area contributed by atoms with Gasteiger partial charge in [-0.2, -0.15) is 26.3 Å². The van der Waals surface area contributed by atoms with E-state index in [-0.39, 0.29) is 35.2 Å². The fourth-order valence-corrected chi connectivity index (χ4v) is 6.64. The van der Waals surface area contributed by atoms with Crippen molar-refractivity contribution in [3.05, 3.63) is 99.5 Å². The van der Waals surface area contributed by atoms with E-state index in [4.69, 9.17) is 14.5 Å². The predicted molar refractivity (Wildman–Crippen MR) is 176 cm³/mol. The van der Waals surface area contributed by atoms with Gasteiger partial charge in [-0.1, -0.05) is 6.07 Å². The minimum absolute atomic E-state index is 0.00556. The number of carboxylic acid groups (broad SMARTS) is 1. The second-order valence-corrected chi connectivity index (χ2v) is 12.8. The normalized spacial score (nSPS) is 17.6. The van der Waals surface area contributed by atoms with Crippen LogP contribution < -0.4 is 9.64 Å². The molecule has 0 aliphatic carbocycles. The number of amides is 1. The van der Waals surface area contributed by atoms with E-state index in [0.717, 1.165) is 11.3 Å². The molecule has 3 heterocycles. The molecule has 0 bridgehead atoms. The molecule has 4 aromatic rings. The zero-order valence-electron chi connectivity index (χ0n) is 28.2. The number of ether oxygens (including phenoxy) is 2. The molecular formula is C37H32F7N3O5. The number of carbonyl (C=O) groups excluding carboxylic acids is 1. The standard InChI is InChI=1S/C37H32F7N3O5/c1-18-10-21(34(48)49)6-7-26(18)22-14-27(33(51-4)28(38)15-22)31-19(2)11-30(46-8-5-9-46)45-29(31)17-47-20(3)32(52-35(47)50)23-12-24(36(39,40)41)16-25(13-23)37(42,43)44/h6-7,10-16,20,32H,5,8-9,17H2,1-4H3,(H,48,49)/t20?,32-/m0/s1. The lowest BCUT2D eigenvalue weighted by Crippen LogP contribution is -2.38. The number of aromatic carboxylic acids is 1. The molecule has 2 fully saturated rings. The van der Waals surface area contributed by atoms with Crippen molar-refractivity contribution in [2.75, 3.05) is 25.1 Å². The van der Waals surface area contributed by atoms with Crippen LogP contribution in [0.3, 0.4) is 0 Å². The molecule has 1 aromatic heterocycles. The third-order valence-corrected chi connectivity index (χ3v) is 9.41. The van der Waals surface area contributed by atoms with Crippen molar-refractivity contribution < 1.29 is 54.9 Å². The number of anilines is 1. The number of nitrogens with zero attached hydrogens (tertiary/aromatic N) is 3. The van der Waals surface area contributed by atoms with Crippen molar-refractivity contribution in [3.8, 4) is 28.0 Å². The number of alkyl halides is 6. The Balaban J connectivity index is 1.46. The SMILES string of the molecule is COc1c(F)cc(-c2ccc(C(=O)O)cc2C)cc1-c1c(C)cc(N2CCC2)nc1CN1C(=O)O[C@H](c2cc(C(F)(F)F)cc(C(F)(F)F)c2)C1C. The number of benzene rings is 3. The number of carbonyl (C=O) groups is 2. The van der Waals surface area contributed by atoms with Gasteiger partial charge in [-0.15, -0.1) is 0 Å². The molecule has 52 heavy (non-hydrogen) atoms. The zero-order valence-corrected chi connectivity index (χ0v) is 28.2. The highest BCUT2D eigenvalue weighted by atomic mass is 19.4. The lowest BCUT2D eigenvalue weighted by molar-refractivity contribution is -0.143. The van der Waals surface area contributed by atoms with E-state index in [2.05, 4.69) is 0 Å². The van der Waals surface area contributed by atoms with Gasteiger partial charge in [-0.05, 0) is 104 Å². The van der Waals surface area contributed by atoms with Crippen molar-refractivity contribution in [1.29, 1.82) is 0 Å². The number of halogens is 7. The van der Waals surface area contributed by atoms with Crippen molar-refractivity contribution >= 4 is 17.9 Å². The van der Waals surface area contributed by atoms with E-state index in [9.17, 15) is 41.0 Å². The van der Waals surface area contributed by atoms with E-state index in [1.165, 1.54) is 32.2 Å². The van der Waals surface area contributed by atoms with Crippen LogP contribution in [0.4, 0.5) is 41.3 Å². The smallest absolute Gasteiger partial charge is 0.416 e. The number of rotatable bonds is 8. The molecule has 1 amide bonds. The summed E-state index contributed by atoms with van der Waals surface area (Å²) in [5.41, 5.74) is -0.540. The highest BCUT2D eigenvalue weighted by molar-refractivity contribution is 5.89. The molecule has 2 aliphatic heterocycles. The Morgan fingerprint density at radius 2 is 1.60 bits per heavy atom. The van der Waals surface area contributed by atoms with Gasteiger partial charge in [-0.3, -0.25) is 4.90 Å². The zero-order chi connectivity index (χ0) is 37.9. The van der Waals surface area contributed by atoms with Gasteiger partial charge >= 0.3 is 24.4 Å². The Kier molecular flexibility index (Phi) is 9.34. The maximum absolute atomic E-state index is 15.9. The molecule has 0 radical (unpaired) electrons. The van der Waals surface area contributed by atoms with E-state index < -0.39 is 59.1 Å². The molecule has 2 atom stereocenters. The molecule has 15 heteroatoms. The van der Waals surface area contributed by atoms with Gasteiger partial charge in [0.25, 0.3) is 0 Å². The molecule has 6 rings (SSSR count). The number of hydrogen-bond donors (Lipinski definition) is 1. The summed E-state index contributed by atoms with van der Waals surface area (Å²) in [5.74, 6) is -1.46. The Hall–Kier alpha value is -5.34. The van der Waals surface area contributed by atoms with Crippen LogP contribution in [-0.2, 0) is 23.6 Å². The van der Waals surface area contributed by atoms with Crippen molar-refractivity contribution in [2.24, 2.45) is 0 Å². The third kappa shape index (κ3) is 6.83. The topological polar surface area (TPSA) is 92.2 Å². The molecule has 1 unspecified atom stereocenters. The van der Waals surface area contributed by atoms with Gasteiger partial charge in [0, 0.05) is 24.2 Å². The summed E-state index contributed by atoms with van der Waals surface area (Å²) in [6.07, 6.45) is -11.8. The number of hydrogen-bond acceptors (Lipinski definition) is 6. The van der Waals surface area contributed by atoms with E-state index in [1.54, 1.807) is 32.0 Å². The highest BCUT2D eigenvalue weighted by Gasteiger charge is 2.44. The van der Waals surface area contributed by atoms with E-state index in [0.29, 0.717) is 58.9 Å². The Morgan fingerprint density at radius 1 is 0.942 bits per heavy atom. The lowest BCUT2D eigenvalue weighted by Gasteiger charge is -2.33. The largest absolute Gasteiger partial charge is 0.493 e. The van der Waals surface area contributed by atoms with Gasteiger partial charge in [0.1, 0.15) is 11.9 Å². The minimum Gasteiger partial charge on any atom is -0.493 e. The Labute approximate surface area is 293 Å². The summed E-state index contributed by atoms with van der Waals surface area (Å²) >= 11 is 0. The molecule has 2 aliphatic rings. The average molecular weight is 732 g/mol. The minimum atomic E-state index is -5.10. The molecule has 0 spiro atoms. The molecule has 0 saturated carbocycles. The first-order valence-corrected chi connectivity index (χ1v) is 16.1. The van der Waals surface area contributed by atoms with Crippen molar-refractivity contribution in [2.45, 2.75) is 58.2 Å². The van der Waals surface area contributed by atoms with E-state index >= 15 is 4.39 Å². The predicted octanol–water partition coefficient (Wildman–Crippen LogP) is 9.21. The van der Waals surface area contributed by atoms with Crippen LogP contribution in [0, 0.1) is 19.7 Å². The first-order chi connectivity index (χ1) is 24.4. The summed E-state index contributed by atoms with van der Waals surface area (Å²) in [5, 5.41) is 9.43. The summed E-state index contributed by atoms with van der Waals surface area (Å²) in [4.78, 5) is 32.9. The summed E-state index contributed by atoms with van der Waals surface area (Å²) in [6, 6.07) is 9.13. The average Bonchev–Trinajstić information content (AvgIpc) is 3.31. The number of pyridine rings is 1. The van der Waals surface area contributed by atoms with Crippen LogP contribution in [0.1, 0.15) is 63.3 Å². The molecule has 3 aromatic carbocycles. The first kappa shape index (κ1) is 36.5. The molecule has 8 nitrogen and oxygen atoms in total.